The van der Waals surface area contributed by atoms with Crippen molar-refractivity contribution in [1.29, 1.82) is 0 Å². The second-order valence-electron chi connectivity index (χ2n) is 4.31. The molecule has 0 fully saturated rings. The molecule has 2 aromatic rings. The Morgan fingerprint density at radius 3 is 2.62 bits per heavy atom. The van der Waals surface area contributed by atoms with Crippen LogP contribution in [0.25, 0.3) is 0 Å². The highest BCUT2D eigenvalue weighted by Crippen LogP contribution is 2.17. The lowest BCUT2D eigenvalue weighted by atomic mass is 10.1. The number of aromatic amines is 1. The molecule has 21 heavy (non-hydrogen) atoms. The fourth-order valence-electron chi connectivity index (χ4n) is 1.76. The van der Waals surface area contributed by atoms with Gasteiger partial charge in [-0.1, -0.05) is 18.2 Å². The Bertz CT molecular complexity index is 704. The van der Waals surface area contributed by atoms with Crippen LogP contribution in [0.3, 0.4) is 0 Å². The second-order valence-corrected chi connectivity index (χ2v) is 4.31. The molecule has 108 valence electrons. The summed E-state index contributed by atoms with van der Waals surface area (Å²) in [5, 5.41) is 17.2. The fraction of sp³-hybridized carbons (Fsp3) is 0.143. The van der Waals surface area contributed by atoms with Crippen LogP contribution >= 0.6 is 0 Å². The zero-order valence-electron chi connectivity index (χ0n) is 11.0. The first kappa shape index (κ1) is 14.4. The highest BCUT2D eigenvalue weighted by molar-refractivity contribution is 6.03. The van der Waals surface area contributed by atoms with Crippen LogP contribution in [0.2, 0.25) is 0 Å². The van der Waals surface area contributed by atoms with Gasteiger partial charge in [-0.2, -0.15) is 5.10 Å². The summed E-state index contributed by atoms with van der Waals surface area (Å²) in [7, 11) is 0. The number of aliphatic carboxylic acids is 1. The standard InChI is InChI=1S/C14H13N3O4/c18-12-7-6-11(16-17-12)14(21)15-10-4-2-1-3-9(10)5-8-13(19)20/h1-4,6-7H,5,8H2,(H,15,21)(H,17,18)(H,19,20). The number of carbonyl (C=O) groups excluding carboxylic acids is 1. The maximum absolute atomic E-state index is 12.0. The van der Waals surface area contributed by atoms with Crippen molar-refractivity contribution in [1.82, 2.24) is 10.2 Å². The van der Waals surface area contributed by atoms with Gasteiger partial charge < -0.3 is 10.4 Å². The number of anilines is 1. The van der Waals surface area contributed by atoms with Gasteiger partial charge in [0.15, 0.2) is 0 Å². The number of carboxylic acids is 1. The number of carbonyl (C=O) groups is 2. The van der Waals surface area contributed by atoms with Crippen molar-refractivity contribution >= 4 is 17.6 Å². The minimum atomic E-state index is -0.904. The topological polar surface area (TPSA) is 112 Å². The van der Waals surface area contributed by atoms with Crippen molar-refractivity contribution in [3.8, 4) is 0 Å². The van der Waals surface area contributed by atoms with Crippen LogP contribution in [0.4, 0.5) is 5.69 Å². The zero-order chi connectivity index (χ0) is 15.2. The van der Waals surface area contributed by atoms with Crippen LogP contribution in [0.15, 0.2) is 41.2 Å². The summed E-state index contributed by atoms with van der Waals surface area (Å²) in [6.45, 7) is 0. The number of rotatable bonds is 5. The monoisotopic (exact) mass is 287 g/mol. The number of amides is 1. The Morgan fingerprint density at radius 1 is 1.19 bits per heavy atom. The first-order valence-corrected chi connectivity index (χ1v) is 6.23. The van der Waals surface area contributed by atoms with E-state index in [9.17, 15) is 14.4 Å². The van der Waals surface area contributed by atoms with E-state index in [-0.39, 0.29) is 12.1 Å². The number of aromatic nitrogens is 2. The summed E-state index contributed by atoms with van der Waals surface area (Å²) in [5.41, 5.74) is 0.922. The Morgan fingerprint density at radius 2 is 1.95 bits per heavy atom. The highest BCUT2D eigenvalue weighted by Gasteiger charge is 2.11. The summed E-state index contributed by atoms with van der Waals surface area (Å²) in [5.74, 6) is -1.38. The maximum Gasteiger partial charge on any atom is 0.303 e. The molecule has 7 nitrogen and oxygen atoms in total. The fourth-order valence-corrected chi connectivity index (χ4v) is 1.76. The molecule has 0 atom stereocenters. The molecule has 0 radical (unpaired) electrons. The Kier molecular flexibility index (Phi) is 4.45. The normalized spacial score (nSPS) is 10.1. The van der Waals surface area contributed by atoms with Crippen LogP contribution in [0, 0.1) is 0 Å². The molecule has 1 amide bonds. The predicted molar refractivity (Wildman–Crippen MR) is 75.2 cm³/mol. The number of benzene rings is 1. The molecule has 1 aromatic carbocycles. The molecule has 0 spiro atoms. The van der Waals surface area contributed by atoms with E-state index in [2.05, 4.69) is 15.5 Å². The van der Waals surface area contributed by atoms with E-state index in [4.69, 9.17) is 5.11 Å². The van der Waals surface area contributed by atoms with Crippen molar-refractivity contribution in [2.75, 3.05) is 5.32 Å². The number of nitrogens with zero attached hydrogens (tertiary/aromatic N) is 1. The Hall–Kier alpha value is -2.96. The molecule has 0 aliphatic heterocycles. The molecular formula is C14H13N3O4. The molecule has 2 rings (SSSR count). The molecule has 3 N–H and O–H groups in total. The van der Waals surface area contributed by atoms with Crippen LogP contribution in [-0.4, -0.2) is 27.2 Å². The molecule has 0 saturated heterocycles. The third-order valence-corrected chi connectivity index (χ3v) is 2.79. The van der Waals surface area contributed by atoms with Gasteiger partial charge in [-0.3, -0.25) is 14.4 Å². The predicted octanol–water partition coefficient (Wildman–Crippen LogP) is 1.04. The van der Waals surface area contributed by atoms with Gasteiger partial charge in [-0.25, -0.2) is 5.10 Å². The number of hydrogen-bond acceptors (Lipinski definition) is 4. The van der Waals surface area contributed by atoms with Crippen LogP contribution in [0.5, 0.6) is 0 Å². The minimum absolute atomic E-state index is 0.0240. The third kappa shape index (κ3) is 4.00. The molecule has 0 unspecified atom stereocenters. The summed E-state index contributed by atoms with van der Waals surface area (Å²) in [4.78, 5) is 33.5. The van der Waals surface area contributed by atoms with Crippen molar-refractivity contribution < 1.29 is 14.7 Å². The quantitative estimate of drug-likeness (QED) is 0.760. The van der Waals surface area contributed by atoms with Gasteiger partial charge in [0.2, 0.25) is 0 Å². The molecule has 0 saturated carbocycles. The average Bonchev–Trinajstić information content (AvgIpc) is 2.47. The molecule has 1 aromatic heterocycles. The van der Waals surface area contributed by atoms with E-state index in [1.54, 1.807) is 24.3 Å². The summed E-state index contributed by atoms with van der Waals surface area (Å²) in [6.07, 6.45) is 0.286. The van der Waals surface area contributed by atoms with Gasteiger partial charge in [-0.05, 0) is 24.1 Å². The van der Waals surface area contributed by atoms with Crippen molar-refractivity contribution in [2.45, 2.75) is 12.8 Å². The van der Waals surface area contributed by atoms with Crippen molar-refractivity contribution in [3.05, 3.63) is 58.0 Å². The van der Waals surface area contributed by atoms with Gasteiger partial charge in [0.05, 0.1) is 0 Å². The number of aryl methyl sites for hydroxylation is 1. The van der Waals surface area contributed by atoms with Gasteiger partial charge in [-0.15, -0.1) is 0 Å². The first-order valence-electron chi connectivity index (χ1n) is 6.23. The molecule has 0 aliphatic carbocycles. The Balaban J connectivity index is 2.15. The highest BCUT2D eigenvalue weighted by atomic mass is 16.4. The molecule has 1 heterocycles. The lowest BCUT2D eigenvalue weighted by Crippen LogP contribution is -2.18. The average molecular weight is 287 g/mol. The van der Waals surface area contributed by atoms with Gasteiger partial charge in [0, 0.05) is 18.2 Å². The number of hydrogen-bond donors (Lipinski definition) is 3. The number of para-hydroxylation sites is 1. The van der Waals surface area contributed by atoms with Crippen LogP contribution in [-0.2, 0) is 11.2 Å². The van der Waals surface area contributed by atoms with E-state index in [1.165, 1.54) is 12.1 Å². The van der Waals surface area contributed by atoms with E-state index >= 15 is 0 Å². The summed E-state index contributed by atoms with van der Waals surface area (Å²) >= 11 is 0. The van der Waals surface area contributed by atoms with E-state index in [0.717, 1.165) is 5.56 Å². The molecular weight excluding hydrogens is 274 g/mol. The number of carboxylic acid groups (broad SMARTS) is 1. The van der Waals surface area contributed by atoms with Crippen LogP contribution in [0.1, 0.15) is 22.5 Å². The number of nitrogens with one attached hydrogen (secondary N) is 2. The first-order chi connectivity index (χ1) is 10.1. The van der Waals surface area contributed by atoms with Gasteiger partial charge in [0.1, 0.15) is 5.69 Å². The van der Waals surface area contributed by atoms with E-state index < -0.39 is 17.4 Å². The second kappa shape index (κ2) is 6.47. The summed E-state index contributed by atoms with van der Waals surface area (Å²) in [6, 6.07) is 9.46. The molecule has 0 aliphatic rings. The van der Waals surface area contributed by atoms with Crippen molar-refractivity contribution in [2.24, 2.45) is 0 Å². The lowest BCUT2D eigenvalue weighted by Gasteiger charge is -2.09. The Labute approximate surface area is 119 Å². The largest absolute Gasteiger partial charge is 0.481 e. The molecule has 0 bridgehead atoms. The van der Waals surface area contributed by atoms with E-state index in [0.29, 0.717) is 12.1 Å². The minimum Gasteiger partial charge on any atom is -0.481 e. The smallest absolute Gasteiger partial charge is 0.303 e. The zero-order valence-corrected chi connectivity index (χ0v) is 11.0. The molecule has 7 heteroatoms. The van der Waals surface area contributed by atoms with Gasteiger partial charge >= 0.3 is 5.97 Å². The lowest BCUT2D eigenvalue weighted by molar-refractivity contribution is -0.136. The maximum atomic E-state index is 12.0. The van der Waals surface area contributed by atoms with E-state index in [1.807, 2.05) is 0 Å². The number of H-pyrrole nitrogens is 1. The van der Waals surface area contributed by atoms with Crippen molar-refractivity contribution in [3.63, 3.8) is 0 Å². The summed E-state index contributed by atoms with van der Waals surface area (Å²) < 4.78 is 0. The van der Waals surface area contributed by atoms with Crippen LogP contribution < -0.4 is 10.9 Å². The third-order valence-electron chi connectivity index (χ3n) is 2.79. The SMILES string of the molecule is O=C(O)CCc1ccccc1NC(=O)c1ccc(=O)[nH]n1. The van der Waals surface area contributed by atoms with Gasteiger partial charge in [0.25, 0.3) is 11.5 Å².